The fourth-order valence-corrected chi connectivity index (χ4v) is 6.35. The van der Waals surface area contributed by atoms with Crippen LogP contribution in [0.25, 0.3) is 0 Å². The van der Waals surface area contributed by atoms with Crippen molar-refractivity contribution in [1.29, 1.82) is 0 Å². The van der Waals surface area contributed by atoms with Crippen LogP contribution in [0.15, 0.2) is 71.6 Å². The largest absolute Gasteiger partial charge is 0.496 e. The number of aryl methyl sites for hydroxylation is 1. The van der Waals surface area contributed by atoms with Gasteiger partial charge >= 0.3 is 0 Å². The second-order valence-corrected chi connectivity index (χ2v) is 11.9. The number of sulfone groups is 1. The van der Waals surface area contributed by atoms with Crippen molar-refractivity contribution in [2.45, 2.75) is 56.6 Å². The zero-order valence-corrected chi connectivity index (χ0v) is 24.0. The van der Waals surface area contributed by atoms with Crippen molar-refractivity contribution < 1.29 is 13.2 Å². The van der Waals surface area contributed by atoms with E-state index >= 15 is 0 Å². The van der Waals surface area contributed by atoms with Crippen LogP contribution in [0, 0.1) is 6.92 Å². The highest BCUT2D eigenvalue weighted by molar-refractivity contribution is 7.92. The summed E-state index contributed by atoms with van der Waals surface area (Å²) in [5.41, 5.74) is 4.46. The van der Waals surface area contributed by atoms with Crippen LogP contribution in [0.2, 0.25) is 0 Å². The van der Waals surface area contributed by atoms with E-state index in [-0.39, 0.29) is 0 Å². The maximum atomic E-state index is 14.2. The Balaban J connectivity index is 2.15. The zero-order chi connectivity index (χ0) is 27.0. The normalized spacial score (nSPS) is 12.3. The van der Waals surface area contributed by atoms with Gasteiger partial charge in [-0.2, -0.15) is 0 Å². The molecule has 0 saturated carbocycles. The lowest BCUT2D eigenvalue weighted by molar-refractivity contribution is 0.409. The molecule has 0 spiro atoms. The molecule has 1 unspecified atom stereocenters. The van der Waals surface area contributed by atoms with Gasteiger partial charge in [0.2, 0.25) is 0 Å². The molecule has 0 bridgehead atoms. The van der Waals surface area contributed by atoms with Crippen molar-refractivity contribution in [2.24, 2.45) is 0 Å². The number of hydrogen-bond donors (Lipinski definition) is 0. The lowest BCUT2D eigenvalue weighted by Gasteiger charge is -2.27. The number of anilines is 2. The molecule has 200 valence electrons. The van der Waals surface area contributed by atoms with E-state index in [9.17, 15) is 8.42 Å². The van der Waals surface area contributed by atoms with Crippen LogP contribution >= 0.6 is 0 Å². The number of unbranched alkanes of at least 4 members (excludes halogenated alkanes) is 2. The van der Waals surface area contributed by atoms with Crippen LogP contribution in [-0.4, -0.2) is 42.7 Å². The van der Waals surface area contributed by atoms with E-state index in [1.807, 2.05) is 74.4 Å². The molecular weight excluding hydrogens is 480 g/mol. The smallest absolute Gasteiger partial charge is 0.189 e. The molecule has 6 heteroatoms. The van der Waals surface area contributed by atoms with Crippen LogP contribution in [0.3, 0.4) is 0 Å². The average Bonchev–Trinajstić information content (AvgIpc) is 2.89. The van der Waals surface area contributed by atoms with Crippen molar-refractivity contribution in [2.75, 3.05) is 44.1 Å². The molecule has 0 aromatic heterocycles. The summed E-state index contributed by atoms with van der Waals surface area (Å²) in [7, 11) is 1.81. The summed E-state index contributed by atoms with van der Waals surface area (Å²) in [5, 5.41) is -0.893. The fourth-order valence-electron chi connectivity index (χ4n) is 4.52. The van der Waals surface area contributed by atoms with Gasteiger partial charge in [-0.15, -0.1) is 0 Å². The summed E-state index contributed by atoms with van der Waals surface area (Å²) >= 11 is 0. The van der Waals surface area contributed by atoms with Gasteiger partial charge in [0.05, 0.1) is 12.0 Å². The highest BCUT2D eigenvalue weighted by atomic mass is 32.2. The summed E-state index contributed by atoms with van der Waals surface area (Å²) in [6.07, 6.45) is 4.46. The maximum absolute atomic E-state index is 14.2. The minimum Gasteiger partial charge on any atom is -0.496 e. The second kappa shape index (κ2) is 13.0. The SMILES string of the molecule is CCCCN(CCCC)c1ccc(C(c2ccc(N(C)C)cc2)S(=O)(=O)c2ccc(C)cc2)c(OC)c1. The van der Waals surface area contributed by atoms with Crippen molar-refractivity contribution in [3.05, 3.63) is 83.4 Å². The van der Waals surface area contributed by atoms with Gasteiger partial charge in [-0.3, -0.25) is 0 Å². The van der Waals surface area contributed by atoms with Gasteiger partial charge in [0, 0.05) is 50.2 Å². The Morgan fingerprint density at radius 1 is 0.811 bits per heavy atom. The quantitative estimate of drug-likeness (QED) is 0.241. The van der Waals surface area contributed by atoms with E-state index in [2.05, 4.69) is 24.8 Å². The van der Waals surface area contributed by atoms with E-state index in [0.29, 0.717) is 21.8 Å². The second-order valence-electron chi connectivity index (χ2n) is 9.84. The lowest BCUT2D eigenvalue weighted by Crippen LogP contribution is -2.25. The summed E-state index contributed by atoms with van der Waals surface area (Å²) in [5.74, 6) is 0.591. The van der Waals surface area contributed by atoms with Crippen molar-refractivity contribution >= 4 is 21.2 Å². The Labute approximate surface area is 224 Å². The Morgan fingerprint density at radius 3 is 1.89 bits per heavy atom. The molecule has 0 radical (unpaired) electrons. The van der Waals surface area contributed by atoms with Crippen LogP contribution in [-0.2, 0) is 9.84 Å². The summed E-state index contributed by atoms with van der Waals surface area (Å²) in [6, 6.07) is 20.8. The molecule has 1 atom stereocenters. The van der Waals surface area contributed by atoms with E-state index in [4.69, 9.17) is 4.74 Å². The van der Waals surface area contributed by atoms with Crippen LogP contribution in [0.4, 0.5) is 11.4 Å². The lowest BCUT2D eigenvalue weighted by atomic mass is 10.0. The standard InChI is InChI=1S/C31H42N2O3S/c1-7-9-21-33(22-10-8-2)27-17-20-29(30(23-27)36-6)31(25-13-15-26(16-14-25)32(4)5)37(34,35)28-18-11-24(3)12-19-28/h11-20,23,31H,7-10,21-22H2,1-6H3. The van der Waals surface area contributed by atoms with Crippen LogP contribution in [0.5, 0.6) is 5.75 Å². The van der Waals surface area contributed by atoms with E-state index in [0.717, 1.165) is 55.7 Å². The minimum atomic E-state index is -3.76. The Morgan fingerprint density at radius 2 is 1.38 bits per heavy atom. The predicted octanol–water partition coefficient (Wildman–Crippen LogP) is 7.04. The number of hydrogen-bond acceptors (Lipinski definition) is 5. The highest BCUT2D eigenvalue weighted by Gasteiger charge is 2.33. The first-order valence-electron chi connectivity index (χ1n) is 13.2. The van der Waals surface area contributed by atoms with E-state index in [1.54, 1.807) is 19.2 Å². The molecule has 0 aliphatic rings. The molecule has 0 aliphatic heterocycles. The van der Waals surface area contributed by atoms with Gasteiger partial charge in [0.1, 0.15) is 11.0 Å². The van der Waals surface area contributed by atoms with Crippen LogP contribution in [0.1, 0.15) is 61.5 Å². The van der Waals surface area contributed by atoms with Crippen LogP contribution < -0.4 is 14.5 Å². The van der Waals surface area contributed by atoms with Crippen molar-refractivity contribution in [3.63, 3.8) is 0 Å². The molecule has 3 aromatic carbocycles. The number of methoxy groups -OCH3 is 1. The van der Waals surface area contributed by atoms with E-state index < -0.39 is 15.1 Å². The molecule has 3 rings (SSSR count). The highest BCUT2D eigenvalue weighted by Crippen LogP contribution is 2.41. The number of rotatable bonds is 13. The van der Waals surface area contributed by atoms with Gasteiger partial charge in [-0.25, -0.2) is 8.42 Å². The van der Waals surface area contributed by atoms with Gasteiger partial charge in [0.25, 0.3) is 0 Å². The minimum absolute atomic E-state index is 0.304. The third-order valence-corrected chi connectivity index (χ3v) is 8.88. The number of nitrogens with zero attached hydrogens (tertiary/aromatic N) is 2. The molecule has 5 nitrogen and oxygen atoms in total. The Kier molecular flexibility index (Phi) is 10.0. The third kappa shape index (κ3) is 6.86. The first-order chi connectivity index (χ1) is 17.7. The third-order valence-electron chi connectivity index (χ3n) is 6.80. The number of ether oxygens (including phenoxy) is 1. The average molecular weight is 523 g/mol. The summed E-state index contributed by atoms with van der Waals surface area (Å²) < 4.78 is 34.2. The molecule has 37 heavy (non-hydrogen) atoms. The fraction of sp³-hybridized carbons (Fsp3) is 0.419. The molecule has 0 heterocycles. The molecule has 0 fully saturated rings. The Bertz CT molecular complexity index is 1230. The van der Waals surface area contributed by atoms with Gasteiger partial charge in [-0.05, 0) is 55.7 Å². The summed E-state index contributed by atoms with van der Waals surface area (Å²) in [4.78, 5) is 4.69. The molecular formula is C31H42N2O3S. The van der Waals surface area contributed by atoms with Gasteiger partial charge in [-0.1, -0.05) is 62.6 Å². The van der Waals surface area contributed by atoms with Crippen molar-refractivity contribution in [3.8, 4) is 5.75 Å². The molecule has 0 N–H and O–H groups in total. The molecule has 3 aromatic rings. The number of benzene rings is 3. The maximum Gasteiger partial charge on any atom is 0.189 e. The molecule has 0 saturated heterocycles. The van der Waals surface area contributed by atoms with E-state index in [1.165, 1.54) is 0 Å². The monoisotopic (exact) mass is 522 g/mol. The van der Waals surface area contributed by atoms with Gasteiger partial charge < -0.3 is 14.5 Å². The molecule has 0 aliphatic carbocycles. The molecule has 0 amide bonds. The van der Waals surface area contributed by atoms with Gasteiger partial charge in [0.15, 0.2) is 9.84 Å². The first kappa shape index (κ1) is 28.6. The first-order valence-corrected chi connectivity index (χ1v) is 14.8. The zero-order valence-electron chi connectivity index (χ0n) is 23.2. The predicted molar refractivity (Wildman–Crippen MR) is 156 cm³/mol. The summed E-state index contributed by atoms with van der Waals surface area (Å²) in [6.45, 7) is 8.29. The van der Waals surface area contributed by atoms with Crippen molar-refractivity contribution in [1.82, 2.24) is 0 Å². The topological polar surface area (TPSA) is 49.9 Å². The Hall–Kier alpha value is -2.99.